The number of benzene rings is 1. The van der Waals surface area contributed by atoms with Crippen LogP contribution in [0.5, 0.6) is 0 Å². The third kappa shape index (κ3) is 3.47. The van der Waals surface area contributed by atoms with Crippen molar-refractivity contribution in [2.24, 2.45) is 0 Å². The van der Waals surface area contributed by atoms with Crippen LogP contribution in [-0.4, -0.2) is 19.1 Å². The highest BCUT2D eigenvalue weighted by atomic mass is 16.2. The van der Waals surface area contributed by atoms with Crippen molar-refractivity contribution < 1.29 is 4.79 Å². The molecule has 1 aliphatic rings. The van der Waals surface area contributed by atoms with Crippen LogP contribution in [0.25, 0.3) is 0 Å². The average molecular weight is 247 g/mol. The molecule has 1 aromatic carbocycles. The summed E-state index contributed by atoms with van der Waals surface area (Å²) in [6, 6.07) is 8.12. The maximum absolute atomic E-state index is 11.9. The van der Waals surface area contributed by atoms with E-state index in [0.29, 0.717) is 6.04 Å². The molecule has 1 aliphatic carbocycles. The molecule has 0 spiro atoms. The van der Waals surface area contributed by atoms with Gasteiger partial charge < -0.3 is 16.0 Å². The summed E-state index contributed by atoms with van der Waals surface area (Å²) in [6.45, 7) is 0.750. The van der Waals surface area contributed by atoms with E-state index in [-0.39, 0.29) is 6.03 Å². The summed E-state index contributed by atoms with van der Waals surface area (Å²) in [7, 11) is 1.90. The number of nitrogens with one attached hydrogen (secondary N) is 3. The lowest BCUT2D eigenvalue weighted by Gasteiger charge is -2.15. The predicted octanol–water partition coefficient (Wildman–Crippen LogP) is 2.47. The fourth-order valence-electron chi connectivity index (χ4n) is 2.40. The van der Waals surface area contributed by atoms with Crippen molar-refractivity contribution in [3.63, 3.8) is 0 Å². The van der Waals surface area contributed by atoms with Crippen LogP contribution in [0, 0.1) is 0 Å². The molecule has 0 saturated heterocycles. The molecule has 0 aliphatic heterocycles. The third-order valence-electron chi connectivity index (χ3n) is 3.32. The van der Waals surface area contributed by atoms with Crippen molar-refractivity contribution in [3.8, 4) is 0 Å². The molecule has 98 valence electrons. The molecular weight excluding hydrogens is 226 g/mol. The van der Waals surface area contributed by atoms with E-state index in [2.05, 4.69) is 16.0 Å². The Morgan fingerprint density at radius 3 is 2.72 bits per heavy atom. The monoisotopic (exact) mass is 247 g/mol. The van der Waals surface area contributed by atoms with Gasteiger partial charge in [0.05, 0.1) is 0 Å². The summed E-state index contributed by atoms with van der Waals surface area (Å²) in [5, 5.41) is 9.06. The first-order chi connectivity index (χ1) is 8.79. The minimum absolute atomic E-state index is 0.0922. The zero-order valence-electron chi connectivity index (χ0n) is 10.8. The highest BCUT2D eigenvalue weighted by Gasteiger charge is 2.17. The molecule has 3 N–H and O–H groups in total. The van der Waals surface area contributed by atoms with E-state index in [4.69, 9.17) is 0 Å². The largest absolute Gasteiger partial charge is 0.335 e. The minimum atomic E-state index is -0.0922. The standard InChI is InChI=1S/C14H21N3O/c1-15-10-11-6-2-5-9-13(11)17-14(18)16-12-7-3-4-8-12/h2,5-6,9,12,15H,3-4,7-8,10H2,1H3,(H2,16,17,18). The number of para-hydroxylation sites is 1. The minimum Gasteiger partial charge on any atom is -0.335 e. The molecule has 1 saturated carbocycles. The van der Waals surface area contributed by atoms with E-state index >= 15 is 0 Å². The number of hydrogen-bond acceptors (Lipinski definition) is 2. The van der Waals surface area contributed by atoms with Crippen LogP contribution in [0.4, 0.5) is 10.5 Å². The molecular formula is C14H21N3O. The van der Waals surface area contributed by atoms with Crippen LogP contribution in [-0.2, 0) is 6.54 Å². The van der Waals surface area contributed by atoms with Crippen molar-refractivity contribution in [2.45, 2.75) is 38.3 Å². The molecule has 2 amide bonds. The van der Waals surface area contributed by atoms with Gasteiger partial charge in [0, 0.05) is 18.3 Å². The van der Waals surface area contributed by atoms with E-state index in [1.54, 1.807) is 0 Å². The lowest BCUT2D eigenvalue weighted by molar-refractivity contribution is 0.248. The first-order valence-electron chi connectivity index (χ1n) is 6.59. The summed E-state index contributed by atoms with van der Waals surface area (Å²) in [5.41, 5.74) is 1.98. The van der Waals surface area contributed by atoms with E-state index in [1.165, 1.54) is 12.8 Å². The number of amides is 2. The maximum Gasteiger partial charge on any atom is 0.319 e. The second-order valence-electron chi connectivity index (χ2n) is 4.77. The van der Waals surface area contributed by atoms with E-state index in [1.807, 2.05) is 31.3 Å². The van der Waals surface area contributed by atoms with Gasteiger partial charge in [-0.25, -0.2) is 4.79 Å². The first-order valence-corrected chi connectivity index (χ1v) is 6.59. The second-order valence-corrected chi connectivity index (χ2v) is 4.77. The Labute approximate surface area is 108 Å². The van der Waals surface area contributed by atoms with Gasteiger partial charge in [-0.1, -0.05) is 31.0 Å². The predicted molar refractivity (Wildman–Crippen MR) is 73.6 cm³/mol. The SMILES string of the molecule is CNCc1ccccc1NC(=O)NC1CCCC1. The van der Waals surface area contributed by atoms with E-state index < -0.39 is 0 Å². The number of rotatable bonds is 4. The van der Waals surface area contributed by atoms with Gasteiger partial charge in [0.25, 0.3) is 0 Å². The Bertz CT molecular complexity index is 400. The van der Waals surface area contributed by atoms with Crippen molar-refractivity contribution in [1.29, 1.82) is 0 Å². The van der Waals surface area contributed by atoms with Crippen LogP contribution in [0.3, 0.4) is 0 Å². The van der Waals surface area contributed by atoms with Gasteiger partial charge in [0.2, 0.25) is 0 Å². The first kappa shape index (κ1) is 12.9. The zero-order valence-corrected chi connectivity index (χ0v) is 10.8. The zero-order chi connectivity index (χ0) is 12.8. The third-order valence-corrected chi connectivity index (χ3v) is 3.32. The molecule has 0 heterocycles. The molecule has 4 nitrogen and oxygen atoms in total. The van der Waals surface area contributed by atoms with Gasteiger partial charge >= 0.3 is 6.03 Å². The van der Waals surface area contributed by atoms with Gasteiger partial charge in [-0.3, -0.25) is 0 Å². The second kappa shape index (κ2) is 6.40. The summed E-state index contributed by atoms with van der Waals surface area (Å²) in [4.78, 5) is 11.9. The Hall–Kier alpha value is -1.55. The van der Waals surface area contributed by atoms with Gasteiger partial charge in [-0.15, -0.1) is 0 Å². The number of carbonyl (C=O) groups is 1. The summed E-state index contributed by atoms with van der Waals surface area (Å²) in [6.07, 6.45) is 4.65. The van der Waals surface area contributed by atoms with Gasteiger partial charge in [-0.05, 0) is 31.5 Å². The lowest BCUT2D eigenvalue weighted by atomic mass is 10.2. The normalized spacial score (nSPS) is 15.6. The molecule has 4 heteroatoms. The van der Waals surface area contributed by atoms with Crippen molar-refractivity contribution in [1.82, 2.24) is 10.6 Å². The van der Waals surface area contributed by atoms with Gasteiger partial charge in [-0.2, -0.15) is 0 Å². The number of hydrogen-bond donors (Lipinski definition) is 3. The topological polar surface area (TPSA) is 53.2 Å². The van der Waals surface area contributed by atoms with E-state index in [9.17, 15) is 4.79 Å². The van der Waals surface area contributed by atoms with Crippen molar-refractivity contribution in [2.75, 3.05) is 12.4 Å². The highest BCUT2D eigenvalue weighted by molar-refractivity contribution is 5.90. The fourth-order valence-corrected chi connectivity index (χ4v) is 2.40. The van der Waals surface area contributed by atoms with Gasteiger partial charge in [0.15, 0.2) is 0 Å². The Balaban J connectivity index is 1.93. The molecule has 0 radical (unpaired) electrons. The highest BCUT2D eigenvalue weighted by Crippen LogP contribution is 2.18. The number of carbonyl (C=O) groups excluding carboxylic acids is 1. The molecule has 1 fully saturated rings. The number of anilines is 1. The molecule has 0 atom stereocenters. The Morgan fingerprint density at radius 1 is 1.28 bits per heavy atom. The molecule has 2 rings (SSSR count). The molecule has 18 heavy (non-hydrogen) atoms. The summed E-state index contributed by atoms with van der Waals surface area (Å²) in [5.74, 6) is 0. The molecule has 0 bridgehead atoms. The van der Waals surface area contributed by atoms with Crippen molar-refractivity contribution >= 4 is 11.7 Å². The Morgan fingerprint density at radius 2 is 2.00 bits per heavy atom. The van der Waals surface area contributed by atoms with Gasteiger partial charge in [0.1, 0.15) is 0 Å². The quantitative estimate of drug-likeness (QED) is 0.765. The Kier molecular flexibility index (Phi) is 4.59. The van der Waals surface area contributed by atoms with Crippen LogP contribution in [0.15, 0.2) is 24.3 Å². The van der Waals surface area contributed by atoms with Crippen molar-refractivity contribution in [3.05, 3.63) is 29.8 Å². The van der Waals surface area contributed by atoms with Crippen LogP contribution < -0.4 is 16.0 Å². The molecule has 1 aromatic rings. The fraction of sp³-hybridized carbons (Fsp3) is 0.500. The van der Waals surface area contributed by atoms with Crippen LogP contribution in [0.2, 0.25) is 0 Å². The van der Waals surface area contributed by atoms with E-state index in [0.717, 1.165) is 30.6 Å². The molecule has 0 unspecified atom stereocenters. The molecule has 0 aromatic heterocycles. The van der Waals surface area contributed by atoms with Crippen LogP contribution in [0.1, 0.15) is 31.2 Å². The lowest BCUT2D eigenvalue weighted by Crippen LogP contribution is -2.36. The van der Waals surface area contributed by atoms with Crippen LogP contribution >= 0.6 is 0 Å². The summed E-state index contributed by atoms with van der Waals surface area (Å²) < 4.78 is 0. The maximum atomic E-state index is 11.9. The summed E-state index contributed by atoms with van der Waals surface area (Å²) >= 11 is 0. The smallest absolute Gasteiger partial charge is 0.319 e. The number of urea groups is 1. The average Bonchev–Trinajstić information content (AvgIpc) is 2.84.